The number of nitrogens with one attached hydrogen (secondary N) is 2. The minimum Gasteiger partial charge on any atom is -0.352 e. The summed E-state index contributed by atoms with van der Waals surface area (Å²) in [5.74, 6) is 0.908. The molecule has 1 fully saturated rings. The first-order chi connectivity index (χ1) is 11.8. The molecule has 2 aromatic rings. The summed E-state index contributed by atoms with van der Waals surface area (Å²) in [6, 6.07) is 13.5. The highest BCUT2D eigenvalue weighted by atomic mass is 19.1. The fraction of sp³-hybridized carbons (Fsp3) is 0.333. The molecule has 0 bridgehead atoms. The lowest BCUT2D eigenvalue weighted by molar-refractivity contribution is 0.612. The van der Waals surface area contributed by atoms with E-state index in [4.69, 9.17) is 0 Å². The lowest BCUT2D eigenvalue weighted by atomic mass is 10.2. The molecule has 1 aromatic carbocycles. The van der Waals surface area contributed by atoms with Crippen LogP contribution < -0.4 is 15.5 Å². The highest BCUT2D eigenvalue weighted by Gasteiger charge is 2.25. The number of hydrogen-bond donors (Lipinski definition) is 2. The number of aromatic nitrogens is 1. The standard InChI is InChI=1S/C18H22FN5/c1-20-18(22-12-14-6-3-2-4-7-14)23-15-9-11-24(13-15)17-16(19)8-5-10-21-17/h2-8,10,15H,9,11-13H2,1H3,(H2,20,22,23). The van der Waals surface area contributed by atoms with E-state index in [9.17, 15) is 4.39 Å². The Morgan fingerprint density at radius 2 is 2.12 bits per heavy atom. The van der Waals surface area contributed by atoms with Gasteiger partial charge in [-0.3, -0.25) is 4.99 Å². The van der Waals surface area contributed by atoms with E-state index in [2.05, 4.69) is 32.7 Å². The molecule has 1 aliphatic heterocycles. The second kappa shape index (κ2) is 7.77. The summed E-state index contributed by atoms with van der Waals surface area (Å²) in [7, 11) is 1.76. The van der Waals surface area contributed by atoms with Crippen LogP contribution in [0.3, 0.4) is 0 Å². The number of aliphatic imine (C=N–C) groups is 1. The van der Waals surface area contributed by atoms with E-state index >= 15 is 0 Å². The highest BCUT2D eigenvalue weighted by molar-refractivity contribution is 5.80. The lowest BCUT2D eigenvalue weighted by Crippen LogP contribution is -2.44. The number of hydrogen-bond acceptors (Lipinski definition) is 3. The lowest BCUT2D eigenvalue weighted by Gasteiger charge is -2.20. The normalized spacial score (nSPS) is 17.8. The first kappa shape index (κ1) is 16.2. The molecule has 1 saturated heterocycles. The van der Waals surface area contributed by atoms with Crippen LogP contribution in [0.15, 0.2) is 53.7 Å². The van der Waals surface area contributed by atoms with Gasteiger partial charge in [-0.2, -0.15) is 0 Å². The molecule has 0 amide bonds. The Balaban J connectivity index is 1.53. The maximum Gasteiger partial charge on any atom is 0.191 e. The SMILES string of the molecule is CN=C(NCc1ccccc1)NC1CCN(c2ncccc2F)C1. The van der Waals surface area contributed by atoms with E-state index in [1.807, 2.05) is 23.1 Å². The molecule has 2 heterocycles. The average Bonchev–Trinajstić information content (AvgIpc) is 3.08. The van der Waals surface area contributed by atoms with E-state index in [0.717, 1.165) is 18.9 Å². The minimum absolute atomic E-state index is 0.216. The van der Waals surface area contributed by atoms with Crippen molar-refractivity contribution >= 4 is 11.8 Å². The van der Waals surface area contributed by atoms with E-state index < -0.39 is 0 Å². The van der Waals surface area contributed by atoms with Gasteiger partial charge in [-0.1, -0.05) is 30.3 Å². The maximum absolute atomic E-state index is 13.8. The fourth-order valence-electron chi connectivity index (χ4n) is 2.85. The molecule has 3 rings (SSSR count). The molecule has 1 unspecified atom stereocenters. The highest BCUT2D eigenvalue weighted by Crippen LogP contribution is 2.20. The van der Waals surface area contributed by atoms with Gasteiger partial charge in [-0.15, -0.1) is 0 Å². The Hall–Kier alpha value is -2.63. The van der Waals surface area contributed by atoms with Crippen LogP contribution in [0.1, 0.15) is 12.0 Å². The largest absolute Gasteiger partial charge is 0.352 e. The van der Waals surface area contributed by atoms with Gasteiger partial charge in [-0.05, 0) is 24.1 Å². The van der Waals surface area contributed by atoms with Crippen molar-refractivity contribution in [2.24, 2.45) is 4.99 Å². The predicted molar refractivity (Wildman–Crippen MR) is 94.6 cm³/mol. The summed E-state index contributed by atoms with van der Waals surface area (Å²) in [5, 5.41) is 6.71. The molecule has 1 atom stereocenters. The number of halogens is 1. The Kier molecular flexibility index (Phi) is 5.25. The van der Waals surface area contributed by atoms with E-state index in [-0.39, 0.29) is 11.9 Å². The number of anilines is 1. The van der Waals surface area contributed by atoms with Crippen molar-refractivity contribution < 1.29 is 4.39 Å². The summed E-state index contributed by atoms with van der Waals surface area (Å²) >= 11 is 0. The zero-order chi connectivity index (χ0) is 16.8. The van der Waals surface area contributed by atoms with Crippen LogP contribution in [-0.2, 0) is 6.54 Å². The summed E-state index contributed by atoms with van der Waals surface area (Å²) in [5.41, 5.74) is 1.20. The van der Waals surface area contributed by atoms with Crippen molar-refractivity contribution in [3.63, 3.8) is 0 Å². The molecule has 1 aliphatic rings. The van der Waals surface area contributed by atoms with Crippen LogP contribution in [0, 0.1) is 5.82 Å². The maximum atomic E-state index is 13.8. The van der Waals surface area contributed by atoms with Gasteiger partial charge in [0.05, 0.1) is 0 Å². The molecule has 0 spiro atoms. The Bertz CT molecular complexity index is 689. The van der Waals surface area contributed by atoms with Gasteiger partial charge in [0.15, 0.2) is 17.6 Å². The quantitative estimate of drug-likeness (QED) is 0.667. The third kappa shape index (κ3) is 4.01. The topological polar surface area (TPSA) is 52.6 Å². The number of benzene rings is 1. The Labute approximate surface area is 141 Å². The predicted octanol–water partition coefficient (Wildman–Crippen LogP) is 2.16. The fourth-order valence-corrected chi connectivity index (χ4v) is 2.85. The molecule has 5 nitrogen and oxygen atoms in total. The minimum atomic E-state index is -0.273. The van der Waals surface area contributed by atoms with E-state index in [1.165, 1.54) is 11.6 Å². The summed E-state index contributed by atoms with van der Waals surface area (Å²) in [6.07, 6.45) is 2.54. The van der Waals surface area contributed by atoms with Gasteiger partial charge < -0.3 is 15.5 Å². The second-order valence-electron chi connectivity index (χ2n) is 5.80. The van der Waals surface area contributed by atoms with Crippen molar-refractivity contribution in [2.45, 2.75) is 19.0 Å². The van der Waals surface area contributed by atoms with Gasteiger partial charge in [-0.25, -0.2) is 9.37 Å². The monoisotopic (exact) mass is 327 g/mol. The third-order valence-corrected chi connectivity index (χ3v) is 4.09. The molecule has 0 radical (unpaired) electrons. The third-order valence-electron chi connectivity index (χ3n) is 4.09. The van der Waals surface area contributed by atoms with Crippen molar-refractivity contribution in [1.29, 1.82) is 0 Å². The number of guanidine groups is 1. The van der Waals surface area contributed by atoms with E-state index in [1.54, 1.807) is 19.3 Å². The molecule has 0 aliphatic carbocycles. The van der Waals surface area contributed by atoms with Crippen molar-refractivity contribution in [2.75, 3.05) is 25.0 Å². The van der Waals surface area contributed by atoms with Crippen LogP contribution >= 0.6 is 0 Å². The van der Waals surface area contributed by atoms with E-state index in [0.29, 0.717) is 18.9 Å². The molecule has 126 valence electrons. The van der Waals surface area contributed by atoms with Crippen molar-refractivity contribution in [3.05, 3.63) is 60.0 Å². The summed E-state index contributed by atoms with van der Waals surface area (Å²) in [4.78, 5) is 10.4. The smallest absolute Gasteiger partial charge is 0.191 e. The number of rotatable bonds is 4. The molecule has 1 aromatic heterocycles. The van der Waals surface area contributed by atoms with Crippen molar-refractivity contribution in [3.8, 4) is 0 Å². The summed E-state index contributed by atoms with van der Waals surface area (Å²) in [6.45, 7) is 2.20. The first-order valence-corrected chi connectivity index (χ1v) is 8.13. The number of pyridine rings is 1. The van der Waals surface area contributed by atoms with Crippen LogP contribution in [0.5, 0.6) is 0 Å². The van der Waals surface area contributed by atoms with Crippen LogP contribution in [0.4, 0.5) is 10.2 Å². The molecule has 2 N–H and O–H groups in total. The first-order valence-electron chi connectivity index (χ1n) is 8.13. The van der Waals surface area contributed by atoms with Crippen LogP contribution in [-0.4, -0.2) is 37.1 Å². The Morgan fingerprint density at radius 3 is 2.88 bits per heavy atom. The van der Waals surface area contributed by atoms with Gasteiger partial charge in [0.1, 0.15) is 0 Å². The van der Waals surface area contributed by atoms with Crippen molar-refractivity contribution in [1.82, 2.24) is 15.6 Å². The van der Waals surface area contributed by atoms with Crippen LogP contribution in [0.2, 0.25) is 0 Å². The number of nitrogens with zero attached hydrogens (tertiary/aromatic N) is 3. The average molecular weight is 327 g/mol. The van der Waals surface area contributed by atoms with Crippen LogP contribution in [0.25, 0.3) is 0 Å². The second-order valence-corrected chi connectivity index (χ2v) is 5.80. The van der Waals surface area contributed by atoms with Gasteiger partial charge in [0.25, 0.3) is 0 Å². The summed E-state index contributed by atoms with van der Waals surface area (Å²) < 4.78 is 13.8. The zero-order valence-electron chi connectivity index (χ0n) is 13.7. The molecular formula is C18H22FN5. The van der Waals surface area contributed by atoms with Gasteiger partial charge in [0, 0.05) is 38.9 Å². The molecule has 6 heteroatoms. The van der Waals surface area contributed by atoms with Gasteiger partial charge >= 0.3 is 0 Å². The molecular weight excluding hydrogens is 305 g/mol. The van der Waals surface area contributed by atoms with Gasteiger partial charge in [0.2, 0.25) is 0 Å². The zero-order valence-corrected chi connectivity index (χ0v) is 13.7. The molecule has 24 heavy (non-hydrogen) atoms. The Morgan fingerprint density at radius 1 is 1.29 bits per heavy atom. The molecule has 0 saturated carbocycles.